The monoisotopic (exact) mass is 256 g/mol. The quantitative estimate of drug-likeness (QED) is 0.554. The molecule has 0 fully saturated rings. The van der Waals surface area contributed by atoms with Crippen LogP contribution in [0.15, 0.2) is 9.65 Å². The van der Waals surface area contributed by atoms with Crippen molar-refractivity contribution < 1.29 is 4.74 Å². The van der Waals surface area contributed by atoms with Crippen LogP contribution in [0.25, 0.3) is 0 Å². The molecule has 0 atom stereocenters. The van der Waals surface area contributed by atoms with Crippen LogP contribution in [0.3, 0.4) is 0 Å². The molecule has 0 heterocycles. The first-order valence-corrected chi connectivity index (χ1v) is 4.60. The Hall–Kier alpha value is 0.500. The summed E-state index contributed by atoms with van der Waals surface area (Å²) in [4.78, 5) is 1.71. The van der Waals surface area contributed by atoms with Crippen LogP contribution >= 0.6 is 31.9 Å². The molecular formula is C6H10Br2O. The summed E-state index contributed by atoms with van der Waals surface area (Å²) in [6.45, 7) is 2.92. The first kappa shape index (κ1) is 9.50. The van der Waals surface area contributed by atoms with Crippen molar-refractivity contribution >= 4 is 31.9 Å². The number of hydrogen-bond donors (Lipinski definition) is 0. The highest BCUT2D eigenvalue weighted by atomic mass is 79.9. The van der Waals surface area contributed by atoms with Crippen LogP contribution in [0, 0.1) is 0 Å². The zero-order chi connectivity index (χ0) is 7.11. The van der Waals surface area contributed by atoms with Gasteiger partial charge in [0.05, 0.1) is 6.61 Å². The third-order valence-electron chi connectivity index (χ3n) is 0.824. The van der Waals surface area contributed by atoms with Gasteiger partial charge in [-0.25, -0.2) is 0 Å². The third-order valence-corrected chi connectivity index (χ3v) is 2.31. The van der Waals surface area contributed by atoms with Crippen LogP contribution in [0.1, 0.15) is 19.8 Å². The highest BCUT2D eigenvalue weighted by Crippen LogP contribution is 2.09. The number of rotatable bonds is 4. The van der Waals surface area contributed by atoms with Gasteiger partial charge in [0.15, 0.2) is 4.67 Å². The Morgan fingerprint density at radius 3 is 2.78 bits per heavy atom. The fourth-order valence-electron chi connectivity index (χ4n) is 0.346. The number of halogens is 2. The van der Waals surface area contributed by atoms with Gasteiger partial charge in [0.2, 0.25) is 0 Å². The lowest BCUT2D eigenvalue weighted by molar-refractivity contribution is 0.236. The van der Waals surface area contributed by atoms with Gasteiger partial charge in [0.1, 0.15) is 0 Å². The number of unbranched alkanes of at least 4 members (excludes halogenated alkanes) is 1. The van der Waals surface area contributed by atoms with Gasteiger partial charge in [-0.05, 0) is 22.4 Å². The van der Waals surface area contributed by atoms with E-state index in [1.165, 1.54) is 6.42 Å². The standard InChI is InChI=1S/C6H10Br2O/c1-2-3-4-9-6(8)5-7/h5H,2-4H2,1H3. The van der Waals surface area contributed by atoms with Crippen LogP contribution in [0.2, 0.25) is 0 Å². The smallest absolute Gasteiger partial charge is 0.168 e. The first-order valence-electron chi connectivity index (χ1n) is 2.90. The summed E-state index contributed by atoms with van der Waals surface area (Å²) in [6, 6.07) is 0. The van der Waals surface area contributed by atoms with E-state index in [0.29, 0.717) is 0 Å². The lowest BCUT2D eigenvalue weighted by Crippen LogP contribution is -1.87. The predicted molar refractivity (Wildman–Crippen MR) is 46.8 cm³/mol. The molecule has 0 N–H and O–H groups in total. The topological polar surface area (TPSA) is 9.23 Å². The molecule has 0 radical (unpaired) electrons. The average Bonchev–Trinajstić information content (AvgIpc) is 1.89. The van der Waals surface area contributed by atoms with Crippen molar-refractivity contribution in [2.45, 2.75) is 19.8 Å². The first-order chi connectivity index (χ1) is 4.31. The highest BCUT2D eigenvalue weighted by Gasteiger charge is 1.87. The Morgan fingerprint density at radius 1 is 1.67 bits per heavy atom. The highest BCUT2D eigenvalue weighted by molar-refractivity contribution is 9.13. The van der Waals surface area contributed by atoms with E-state index in [-0.39, 0.29) is 0 Å². The molecule has 54 valence electrons. The molecule has 0 aromatic rings. The minimum absolute atomic E-state index is 0.760. The van der Waals surface area contributed by atoms with Gasteiger partial charge in [-0.1, -0.05) is 29.3 Å². The van der Waals surface area contributed by atoms with Crippen molar-refractivity contribution in [2.24, 2.45) is 0 Å². The van der Waals surface area contributed by atoms with E-state index in [1.54, 1.807) is 4.99 Å². The van der Waals surface area contributed by atoms with E-state index in [2.05, 4.69) is 38.8 Å². The molecule has 0 aromatic carbocycles. The Balaban J connectivity index is 3.07. The maximum atomic E-state index is 5.16. The summed E-state index contributed by atoms with van der Waals surface area (Å²) < 4.78 is 5.92. The molecule has 0 unspecified atom stereocenters. The molecule has 0 saturated heterocycles. The van der Waals surface area contributed by atoms with Gasteiger partial charge < -0.3 is 4.74 Å². The zero-order valence-electron chi connectivity index (χ0n) is 5.36. The van der Waals surface area contributed by atoms with E-state index >= 15 is 0 Å². The molecule has 3 heteroatoms. The maximum Gasteiger partial charge on any atom is 0.168 e. The summed E-state index contributed by atoms with van der Waals surface area (Å²) in [5.74, 6) is 0. The second-order valence-electron chi connectivity index (χ2n) is 1.62. The van der Waals surface area contributed by atoms with E-state index in [9.17, 15) is 0 Å². The average molecular weight is 258 g/mol. The molecular weight excluding hydrogens is 248 g/mol. The molecule has 1 nitrogen and oxygen atoms in total. The molecule has 0 aliphatic heterocycles. The Bertz CT molecular complexity index is 91.1. The van der Waals surface area contributed by atoms with E-state index in [1.807, 2.05) is 0 Å². The molecule has 0 aliphatic carbocycles. The molecule has 0 spiro atoms. The van der Waals surface area contributed by atoms with Gasteiger partial charge in [-0.15, -0.1) is 0 Å². The van der Waals surface area contributed by atoms with Gasteiger partial charge in [-0.3, -0.25) is 0 Å². The number of hydrogen-bond acceptors (Lipinski definition) is 1. The molecule has 9 heavy (non-hydrogen) atoms. The predicted octanol–water partition coefficient (Wildman–Crippen LogP) is 3.39. The minimum atomic E-state index is 0.760. The van der Waals surface area contributed by atoms with Crippen molar-refractivity contribution in [3.63, 3.8) is 0 Å². The second kappa shape index (κ2) is 6.62. The Labute approximate surface area is 72.7 Å². The van der Waals surface area contributed by atoms with Gasteiger partial charge >= 0.3 is 0 Å². The van der Waals surface area contributed by atoms with Crippen LogP contribution in [-0.4, -0.2) is 6.61 Å². The zero-order valence-corrected chi connectivity index (χ0v) is 8.53. The van der Waals surface area contributed by atoms with E-state index in [0.717, 1.165) is 17.7 Å². The van der Waals surface area contributed by atoms with E-state index < -0.39 is 0 Å². The number of ether oxygens (including phenoxy) is 1. The molecule has 0 aliphatic rings. The maximum absolute atomic E-state index is 5.16. The van der Waals surface area contributed by atoms with Crippen molar-refractivity contribution in [2.75, 3.05) is 6.61 Å². The molecule has 0 amide bonds. The third kappa shape index (κ3) is 6.38. The fraction of sp³-hybridized carbons (Fsp3) is 0.667. The Kier molecular flexibility index (Phi) is 6.99. The van der Waals surface area contributed by atoms with Crippen LogP contribution in [0.5, 0.6) is 0 Å². The molecule has 0 saturated carbocycles. The lowest BCUT2D eigenvalue weighted by atomic mass is 10.4. The molecule has 0 rings (SSSR count). The normalized spacial score (nSPS) is 11.7. The van der Waals surface area contributed by atoms with Gasteiger partial charge in [0.25, 0.3) is 0 Å². The lowest BCUT2D eigenvalue weighted by Gasteiger charge is -2.00. The summed E-state index contributed by atoms with van der Waals surface area (Å²) >= 11 is 6.33. The van der Waals surface area contributed by atoms with Crippen molar-refractivity contribution in [3.05, 3.63) is 9.65 Å². The largest absolute Gasteiger partial charge is 0.486 e. The van der Waals surface area contributed by atoms with Crippen LogP contribution in [-0.2, 0) is 4.74 Å². The van der Waals surface area contributed by atoms with Gasteiger partial charge in [-0.2, -0.15) is 0 Å². The summed E-state index contributed by atoms with van der Waals surface area (Å²) in [6.07, 6.45) is 2.28. The second-order valence-corrected chi connectivity index (χ2v) is 2.85. The molecule has 0 aromatic heterocycles. The Morgan fingerprint density at radius 2 is 2.33 bits per heavy atom. The molecule has 0 bridgehead atoms. The van der Waals surface area contributed by atoms with E-state index in [4.69, 9.17) is 4.74 Å². The van der Waals surface area contributed by atoms with Crippen molar-refractivity contribution in [1.82, 2.24) is 0 Å². The van der Waals surface area contributed by atoms with Crippen molar-refractivity contribution in [3.8, 4) is 0 Å². The minimum Gasteiger partial charge on any atom is -0.486 e. The summed E-state index contributed by atoms with van der Waals surface area (Å²) in [7, 11) is 0. The summed E-state index contributed by atoms with van der Waals surface area (Å²) in [5.41, 5.74) is 0. The summed E-state index contributed by atoms with van der Waals surface area (Å²) in [5, 5.41) is 0. The fourth-order valence-corrected chi connectivity index (χ4v) is 0.640. The van der Waals surface area contributed by atoms with Gasteiger partial charge in [0, 0.05) is 4.99 Å². The van der Waals surface area contributed by atoms with Crippen molar-refractivity contribution in [1.29, 1.82) is 0 Å². The SMILES string of the molecule is CCCCOC(Br)=CBr. The van der Waals surface area contributed by atoms with Crippen LogP contribution < -0.4 is 0 Å². The van der Waals surface area contributed by atoms with Crippen LogP contribution in [0.4, 0.5) is 0 Å².